The van der Waals surface area contributed by atoms with Crippen molar-refractivity contribution in [3.63, 3.8) is 0 Å². The third-order valence-corrected chi connectivity index (χ3v) is 7.56. The molecule has 0 bridgehead atoms. The van der Waals surface area contributed by atoms with Crippen molar-refractivity contribution in [2.24, 2.45) is 5.41 Å². The normalized spacial score (nSPS) is 12.0. The van der Waals surface area contributed by atoms with Gasteiger partial charge in [-0.1, -0.05) is 83.1 Å². The van der Waals surface area contributed by atoms with Gasteiger partial charge in [0.05, 0.1) is 12.2 Å². The summed E-state index contributed by atoms with van der Waals surface area (Å²) in [5, 5.41) is 31.9. The molecule has 7 heteroatoms. The number of hydrogen-bond acceptors (Lipinski definition) is 6. The van der Waals surface area contributed by atoms with Crippen molar-refractivity contribution < 1.29 is 19.7 Å². The van der Waals surface area contributed by atoms with Crippen LogP contribution in [0.25, 0.3) is 16.7 Å². The monoisotopic (exact) mass is 577 g/mol. The standard InChI is InChI=1S/C36H39N3O4/c1-7-43-32-21-31(40)27(33(41)23-13-9-8-10-14-23)19-24(32)17-25-18-26(36(5,6)22-35(2,3)4)20-30(34(25)42)39-37-28-15-11-12-16-29(28)38-39/h8-16,18-21,40,42H,7,17,22H2,1-6H3. The van der Waals surface area contributed by atoms with E-state index in [1.54, 1.807) is 30.3 Å². The lowest BCUT2D eigenvalue weighted by molar-refractivity contribution is 0.103. The van der Waals surface area contributed by atoms with Gasteiger partial charge in [-0.15, -0.1) is 15.0 Å². The van der Waals surface area contributed by atoms with E-state index in [-0.39, 0.29) is 40.1 Å². The van der Waals surface area contributed by atoms with Crippen molar-refractivity contribution in [1.82, 2.24) is 15.0 Å². The second-order valence-electron chi connectivity index (χ2n) is 12.9. The third kappa shape index (κ3) is 6.41. The Morgan fingerprint density at radius 3 is 2.07 bits per heavy atom. The number of rotatable bonds is 9. The first kappa shape index (κ1) is 29.8. The second-order valence-corrected chi connectivity index (χ2v) is 12.9. The van der Waals surface area contributed by atoms with Crippen LogP contribution in [-0.4, -0.2) is 37.6 Å². The molecule has 4 aromatic carbocycles. The molecule has 1 aromatic heterocycles. The van der Waals surface area contributed by atoms with Gasteiger partial charge in [-0.2, -0.15) is 0 Å². The van der Waals surface area contributed by atoms with E-state index in [0.29, 0.717) is 34.7 Å². The minimum absolute atomic E-state index is 0.0436. The molecule has 0 amide bonds. The number of fused-ring (bicyclic) bond motifs is 1. The van der Waals surface area contributed by atoms with E-state index < -0.39 is 0 Å². The first-order chi connectivity index (χ1) is 20.4. The number of phenols is 2. The SMILES string of the molecule is CCOc1cc(O)c(C(=O)c2ccccc2)cc1Cc1cc(C(C)(C)CC(C)(C)C)cc(-n2nc3ccccc3n2)c1O. The molecule has 7 nitrogen and oxygen atoms in total. The molecule has 0 atom stereocenters. The fraction of sp³-hybridized carbons (Fsp3) is 0.306. The number of carbonyl (C=O) groups excluding carboxylic acids is 1. The van der Waals surface area contributed by atoms with Crippen molar-refractivity contribution in [3.8, 4) is 22.9 Å². The molecule has 0 aliphatic carbocycles. The molecular weight excluding hydrogens is 538 g/mol. The summed E-state index contributed by atoms with van der Waals surface area (Å²) in [4.78, 5) is 14.9. The number of nitrogens with zero attached hydrogens (tertiary/aromatic N) is 3. The van der Waals surface area contributed by atoms with E-state index in [1.165, 1.54) is 10.9 Å². The molecule has 5 aromatic rings. The zero-order valence-electron chi connectivity index (χ0n) is 25.7. The maximum absolute atomic E-state index is 13.4. The molecule has 0 fully saturated rings. The predicted octanol–water partition coefficient (Wildman–Crippen LogP) is 7.77. The fourth-order valence-corrected chi connectivity index (χ4v) is 5.93. The van der Waals surface area contributed by atoms with Crippen LogP contribution in [0.3, 0.4) is 0 Å². The molecule has 0 spiro atoms. The Balaban J connectivity index is 1.67. The highest BCUT2D eigenvalue weighted by molar-refractivity contribution is 6.10. The summed E-state index contributed by atoms with van der Waals surface area (Å²) in [6, 6.07) is 23.6. The maximum atomic E-state index is 13.4. The molecule has 2 N–H and O–H groups in total. The topological polar surface area (TPSA) is 97.5 Å². The van der Waals surface area contributed by atoms with Gasteiger partial charge < -0.3 is 14.9 Å². The van der Waals surface area contributed by atoms with E-state index >= 15 is 0 Å². The number of phenolic OH excluding ortho intramolecular Hbond substituents is 2. The Labute approximate surface area is 252 Å². The average molecular weight is 578 g/mol. The lowest BCUT2D eigenvalue weighted by Crippen LogP contribution is -2.25. The van der Waals surface area contributed by atoms with Crippen molar-refractivity contribution >= 4 is 16.8 Å². The minimum Gasteiger partial charge on any atom is -0.507 e. The minimum atomic E-state index is -0.292. The van der Waals surface area contributed by atoms with Crippen LogP contribution in [0.15, 0.2) is 78.9 Å². The largest absolute Gasteiger partial charge is 0.507 e. The molecule has 0 aliphatic rings. The van der Waals surface area contributed by atoms with Gasteiger partial charge in [0.25, 0.3) is 0 Å². The van der Waals surface area contributed by atoms with Gasteiger partial charge in [0.15, 0.2) is 5.78 Å². The zero-order valence-corrected chi connectivity index (χ0v) is 25.7. The van der Waals surface area contributed by atoms with Gasteiger partial charge in [-0.25, -0.2) is 0 Å². The summed E-state index contributed by atoms with van der Waals surface area (Å²) in [7, 11) is 0. The maximum Gasteiger partial charge on any atom is 0.196 e. The smallest absolute Gasteiger partial charge is 0.196 e. The molecule has 0 radical (unpaired) electrons. The molecule has 5 rings (SSSR count). The number of aromatic nitrogens is 3. The number of carbonyl (C=O) groups is 1. The highest BCUT2D eigenvalue weighted by Gasteiger charge is 2.30. The van der Waals surface area contributed by atoms with Crippen LogP contribution in [0.5, 0.6) is 17.2 Å². The molecule has 0 saturated heterocycles. The van der Waals surface area contributed by atoms with Crippen molar-refractivity contribution in [2.45, 2.75) is 59.8 Å². The summed E-state index contributed by atoms with van der Waals surface area (Å²) >= 11 is 0. The molecule has 43 heavy (non-hydrogen) atoms. The highest BCUT2D eigenvalue weighted by atomic mass is 16.5. The Kier molecular flexibility index (Phi) is 8.02. The number of benzene rings is 4. The lowest BCUT2D eigenvalue weighted by Gasteiger charge is -2.33. The van der Waals surface area contributed by atoms with Crippen LogP contribution >= 0.6 is 0 Å². The summed E-state index contributed by atoms with van der Waals surface area (Å²) in [6.07, 6.45) is 1.15. The number of aromatic hydroxyl groups is 2. The van der Waals surface area contributed by atoms with Crippen molar-refractivity contribution in [2.75, 3.05) is 6.61 Å². The van der Waals surface area contributed by atoms with E-state index in [4.69, 9.17) is 4.74 Å². The van der Waals surface area contributed by atoms with E-state index in [0.717, 1.165) is 23.0 Å². The molecule has 0 aliphatic heterocycles. The predicted molar refractivity (Wildman–Crippen MR) is 170 cm³/mol. The highest BCUT2D eigenvalue weighted by Crippen LogP contribution is 2.41. The fourth-order valence-electron chi connectivity index (χ4n) is 5.93. The van der Waals surface area contributed by atoms with E-state index in [1.807, 2.05) is 49.4 Å². The van der Waals surface area contributed by atoms with Gasteiger partial charge in [0.2, 0.25) is 0 Å². The lowest BCUT2D eigenvalue weighted by atomic mass is 9.72. The van der Waals surface area contributed by atoms with Crippen LogP contribution in [0.1, 0.15) is 80.6 Å². The summed E-state index contributed by atoms with van der Waals surface area (Å²) in [5.74, 6) is 0.0493. The van der Waals surface area contributed by atoms with Gasteiger partial charge >= 0.3 is 0 Å². The van der Waals surface area contributed by atoms with Crippen molar-refractivity contribution in [3.05, 3.63) is 107 Å². The van der Waals surface area contributed by atoms with E-state index in [9.17, 15) is 15.0 Å². The quantitative estimate of drug-likeness (QED) is 0.174. The number of ether oxygens (including phenoxy) is 1. The average Bonchev–Trinajstić information content (AvgIpc) is 3.38. The van der Waals surface area contributed by atoms with E-state index in [2.05, 4.69) is 44.8 Å². The number of ketones is 1. The first-order valence-electron chi connectivity index (χ1n) is 14.6. The van der Waals surface area contributed by atoms with Crippen LogP contribution < -0.4 is 4.74 Å². The number of hydrogen-bond donors (Lipinski definition) is 2. The Morgan fingerprint density at radius 1 is 0.837 bits per heavy atom. The van der Waals surface area contributed by atoms with Gasteiger partial charge in [0, 0.05) is 23.6 Å². The van der Waals surface area contributed by atoms with Crippen molar-refractivity contribution in [1.29, 1.82) is 0 Å². The van der Waals surface area contributed by atoms with Gasteiger partial charge in [-0.05, 0) is 59.6 Å². The molecule has 1 heterocycles. The van der Waals surface area contributed by atoms with Crippen LogP contribution in [0, 0.1) is 5.41 Å². The van der Waals surface area contributed by atoms with Crippen LogP contribution in [0.2, 0.25) is 0 Å². The van der Waals surface area contributed by atoms with Crippen LogP contribution in [0.4, 0.5) is 0 Å². The summed E-state index contributed by atoms with van der Waals surface area (Å²) in [5.41, 5.74) is 4.74. The summed E-state index contributed by atoms with van der Waals surface area (Å²) < 4.78 is 5.91. The Bertz CT molecular complexity index is 1750. The zero-order chi connectivity index (χ0) is 30.9. The summed E-state index contributed by atoms with van der Waals surface area (Å²) in [6.45, 7) is 13.3. The molecule has 222 valence electrons. The van der Waals surface area contributed by atoms with Gasteiger partial charge in [-0.3, -0.25) is 4.79 Å². The third-order valence-electron chi connectivity index (χ3n) is 7.56. The van der Waals surface area contributed by atoms with Gasteiger partial charge in [0.1, 0.15) is 34.0 Å². The second kappa shape index (κ2) is 11.6. The Morgan fingerprint density at radius 2 is 1.47 bits per heavy atom. The molecule has 0 unspecified atom stereocenters. The Hall–Kier alpha value is -4.65. The van der Waals surface area contributed by atoms with Crippen LogP contribution in [-0.2, 0) is 11.8 Å². The first-order valence-corrected chi connectivity index (χ1v) is 14.6. The molecular formula is C36H39N3O4. The molecule has 0 saturated carbocycles.